The minimum Gasteiger partial charge on any atom is -0.481 e. The summed E-state index contributed by atoms with van der Waals surface area (Å²) in [6.45, 7) is 20.5. The highest BCUT2D eigenvalue weighted by Gasteiger charge is 2.61. The fourth-order valence-electron chi connectivity index (χ4n) is 11.8. The molecule has 0 heterocycles. The molecular weight excluding hydrogens is 612 g/mol. The molecule has 4 aliphatic rings. The molecule has 4 aliphatic carbocycles. The molecule has 49 heavy (non-hydrogen) atoms. The number of amides is 1. The minimum absolute atomic E-state index is 0.0378. The van der Waals surface area contributed by atoms with Gasteiger partial charge < -0.3 is 20.8 Å². The van der Waals surface area contributed by atoms with E-state index in [0.717, 1.165) is 50.5 Å². The van der Waals surface area contributed by atoms with Gasteiger partial charge in [-0.1, -0.05) is 71.4 Å². The second-order valence-electron chi connectivity index (χ2n) is 17.4. The SMILES string of the molecule is C=C(C)C1CCC2(C(=O)NCCNCCC(=O)O)CCC(C)C3(C)CCC4C(C)(C)C(c5ccc(C(=O)O)cc5)=CCC4(C)C3CCCC12. The Bertz CT molecular complexity index is 1450. The van der Waals surface area contributed by atoms with Crippen molar-refractivity contribution < 1.29 is 24.6 Å². The number of aliphatic carboxylic acids is 1. The molecule has 8 atom stereocenters. The molecule has 4 N–H and O–H groups in total. The number of nitrogens with one attached hydrogen (secondary N) is 2. The first-order chi connectivity index (χ1) is 23.1. The van der Waals surface area contributed by atoms with Crippen LogP contribution in [-0.2, 0) is 9.59 Å². The molecule has 0 radical (unpaired) electrons. The lowest BCUT2D eigenvalue weighted by Gasteiger charge is -2.64. The first kappa shape index (κ1) is 37.3. The molecule has 0 spiro atoms. The maximum Gasteiger partial charge on any atom is 0.335 e. The van der Waals surface area contributed by atoms with E-state index >= 15 is 0 Å². The van der Waals surface area contributed by atoms with Crippen molar-refractivity contribution >= 4 is 23.4 Å². The van der Waals surface area contributed by atoms with Gasteiger partial charge >= 0.3 is 11.9 Å². The Kier molecular flexibility index (Phi) is 10.9. The molecule has 8 unspecified atom stereocenters. The topological polar surface area (TPSA) is 116 Å². The summed E-state index contributed by atoms with van der Waals surface area (Å²) < 4.78 is 0. The highest BCUT2D eigenvalue weighted by Crippen LogP contribution is 2.69. The quantitative estimate of drug-likeness (QED) is 0.146. The van der Waals surface area contributed by atoms with E-state index in [4.69, 9.17) is 5.11 Å². The van der Waals surface area contributed by atoms with Crippen molar-refractivity contribution in [3.8, 4) is 0 Å². The van der Waals surface area contributed by atoms with Gasteiger partial charge in [0.25, 0.3) is 0 Å². The van der Waals surface area contributed by atoms with Gasteiger partial charge in [-0.15, -0.1) is 0 Å². The number of hydrogen-bond acceptors (Lipinski definition) is 4. The Morgan fingerprint density at radius 1 is 0.857 bits per heavy atom. The maximum atomic E-state index is 14.3. The van der Waals surface area contributed by atoms with Gasteiger partial charge in [-0.25, -0.2) is 4.79 Å². The lowest BCUT2D eigenvalue weighted by atomic mass is 9.40. The number of benzene rings is 1. The summed E-state index contributed by atoms with van der Waals surface area (Å²) in [5.41, 5.74) is 3.94. The average Bonchev–Trinajstić information content (AvgIpc) is 3.42. The lowest BCUT2D eigenvalue weighted by Crippen LogP contribution is -2.56. The number of aromatic carboxylic acids is 1. The first-order valence-corrected chi connectivity index (χ1v) is 19.0. The van der Waals surface area contributed by atoms with E-state index in [0.29, 0.717) is 48.9 Å². The van der Waals surface area contributed by atoms with E-state index in [1.165, 1.54) is 30.4 Å². The van der Waals surface area contributed by atoms with Gasteiger partial charge in [0.05, 0.1) is 17.4 Å². The molecule has 0 bridgehead atoms. The van der Waals surface area contributed by atoms with Crippen molar-refractivity contribution in [3.63, 3.8) is 0 Å². The number of carbonyl (C=O) groups excluding carboxylic acids is 1. The fourth-order valence-corrected chi connectivity index (χ4v) is 11.8. The number of carboxylic acids is 2. The Morgan fingerprint density at radius 2 is 1.55 bits per heavy atom. The zero-order valence-corrected chi connectivity index (χ0v) is 31.0. The van der Waals surface area contributed by atoms with Crippen LogP contribution in [0, 0.1) is 51.2 Å². The Balaban J connectivity index is 1.40. The summed E-state index contributed by atoms with van der Waals surface area (Å²) in [6, 6.07) is 7.47. The second-order valence-corrected chi connectivity index (χ2v) is 17.4. The number of carbonyl (C=O) groups is 3. The Morgan fingerprint density at radius 3 is 2.20 bits per heavy atom. The third-order valence-corrected chi connectivity index (χ3v) is 14.6. The van der Waals surface area contributed by atoms with Crippen LogP contribution in [0.5, 0.6) is 0 Å². The zero-order chi connectivity index (χ0) is 35.8. The summed E-state index contributed by atoms with van der Waals surface area (Å²) in [7, 11) is 0. The lowest BCUT2D eigenvalue weighted by molar-refractivity contribution is -0.139. The highest BCUT2D eigenvalue weighted by atomic mass is 16.4. The van der Waals surface area contributed by atoms with Crippen LogP contribution in [0.3, 0.4) is 0 Å². The summed E-state index contributed by atoms with van der Waals surface area (Å²) in [4.78, 5) is 36.7. The van der Waals surface area contributed by atoms with Crippen LogP contribution in [-0.4, -0.2) is 47.7 Å². The zero-order valence-electron chi connectivity index (χ0n) is 31.0. The molecule has 5 rings (SSSR count). The summed E-state index contributed by atoms with van der Waals surface area (Å²) in [6.07, 6.45) is 13.2. The van der Waals surface area contributed by atoms with E-state index in [2.05, 4.69) is 64.8 Å². The molecule has 0 aromatic heterocycles. The van der Waals surface area contributed by atoms with E-state index in [1.54, 1.807) is 12.1 Å². The largest absolute Gasteiger partial charge is 0.481 e. The highest BCUT2D eigenvalue weighted by molar-refractivity contribution is 5.88. The van der Waals surface area contributed by atoms with E-state index in [1.807, 2.05) is 12.1 Å². The summed E-state index contributed by atoms with van der Waals surface area (Å²) in [5, 5.41) is 24.9. The molecule has 0 saturated heterocycles. The van der Waals surface area contributed by atoms with Gasteiger partial charge in [0.15, 0.2) is 0 Å². The Hall–Kier alpha value is -2.93. The van der Waals surface area contributed by atoms with Crippen LogP contribution in [0.25, 0.3) is 5.57 Å². The van der Waals surface area contributed by atoms with Crippen LogP contribution < -0.4 is 10.6 Å². The predicted octanol–water partition coefficient (Wildman–Crippen LogP) is 8.61. The molecule has 1 amide bonds. The van der Waals surface area contributed by atoms with E-state index in [9.17, 15) is 19.5 Å². The van der Waals surface area contributed by atoms with Gasteiger partial charge in [0.1, 0.15) is 0 Å². The second kappa shape index (κ2) is 14.4. The third kappa shape index (κ3) is 6.90. The number of hydrogen-bond donors (Lipinski definition) is 4. The van der Waals surface area contributed by atoms with Crippen LogP contribution in [0.1, 0.15) is 128 Å². The van der Waals surface area contributed by atoms with Crippen LogP contribution in [0.15, 0.2) is 42.5 Å². The number of rotatable bonds is 10. The van der Waals surface area contributed by atoms with Crippen LogP contribution in [0.4, 0.5) is 0 Å². The van der Waals surface area contributed by atoms with Crippen molar-refractivity contribution in [2.24, 2.45) is 51.2 Å². The molecule has 7 heteroatoms. The smallest absolute Gasteiger partial charge is 0.335 e. The van der Waals surface area contributed by atoms with Crippen molar-refractivity contribution in [1.82, 2.24) is 10.6 Å². The molecule has 3 fully saturated rings. The molecule has 270 valence electrons. The number of carboxylic acid groups (broad SMARTS) is 2. The number of fused-ring (bicyclic) bond motifs is 4. The summed E-state index contributed by atoms with van der Waals surface area (Å²) in [5.74, 6) is 0.715. The van der Waals surface area contributed by atoms with Gasteiger partial charge in [-0.3, -0.25) is 9.59 Å². The molecule has 3 saturated carbocycles. The van der Waals surface area contributed by atoms with Crippen LogP contribution in [0.2, 0.25) is 0 Å². The van der Waals surface area contributed by atoms with E-state index in [-0.39, 0.29) is 39.9 Å². The molecular formula is C42H62N2O5. The molecule has 1 aromatic carbocycles. The third-order valence-electron chi connectivity index (χ3n) is 14.6. The van der Waals surface area contributed by atoms with Gasteiger partial charge in [-0.2, -0.15) is 0 Å². The fraction of sp³-hybridized carbons (Fsp3) is 0.690. The van der Waals surface area contributed by atoms with Gasteiger partial charge in [0.2, 0.25) is 5.91 Å². The molecule has 0 aliphatic heterocycles. The predicted molar refractivity (Wildman–Crippen MR) is 196 cm³/mol. The molecule has 7 nitrogen and oxygen atoms in total. The maximum absolute atomic E-state index is 14.3. The Labute approximate surface area is 294 Å². The standard InChI is InChI=1S/C42H62N2O5/c1-27(2)31-16-23-42(38(49)44-26-25-43-24-19-36(45)46)22-15-28(3)40(6)21-18-34-39(4,5)32(29-11-13-30(14-12-29)37(47)48)17-20-41(34,7)35(40)10-8-9-33(31)42/h11-14,17,28,31,33-35,43H,1,8-10,15-16,18-26H2,2-7H3,(H,44,49)(H,45,46)(H,47,48). The normalized spacial score (nSPS) is 35.6. The van der Waals surface area contributed by atoms with Crippen molar-refractivity contribution in [3.05, 3.63) is 53.6 Å². The summed E-state index contributed by atoms with van der Waals surface area (Å²) >= 11 is 0. The van der Waals surface area contributed by atoms with Crippen LogP contribution >= 0.6 is 0 Å². The monoisotopic (exact) mass is 674 g/mol. The average molecular weight is 675 g/mol. The van der Waals surface area contributed by atoms with Gasteiger partial charge in [-0.05, 0) is 134 Å². The first-order valence-electron chi connectivity index (χ1n) is 19.0. The molecule has 1 aromatic rings. The minimum atomic E-state index is -0.889. The van der Waals surface area contributed by atoms with E-state index < -0.39 is 11.9 Å². The van der Waals surface area contributed by atoms with Gasteiger partial charge in [0, 0.05) is 19.6 Å². The van der Waals surface area contributed by atoms with Crippen molar-refractivity contribution in [1.29, 1.82) is 0 Å². The van der Waals surface area contributed by atoms with Crippen molar-refractivity contribution in [2.45, 2.75) is 112 Å². The number of allylic oxidation sites excluding steroid dienone is 3. The van der Waals surface area contributed by atoms with Crippen molar-refractivity contribution in [2.75, 3.05) is 19.6 Å².